The van der Waals surface area contributed by atoms with E-state index in [1.54, 1.807) is 34.9 Å². The molecule has 0 aliphatic rings. The number of carbonyl (C=O) groups excluding carboxylic acids is 1. The van der Waals surface area contributed by atoms with Gasteiger partial charge in [0.2, 0.25) is 5.88 Å². The largest absolute Gasteiger partial charge is 0.493 e. The number of carbonyl (C=O) groups is 1. The van der Waals surface area contributed by atoms with Gasteiger partial charge in [-0.25, -0.2) is 0 Å². The van der Waals surface area contributed by atoms with Crippen molar-refractivity contribution in [3.8, 4) is 11.6 Å². The maximum atomic E-state index is 11.9. The second kappa shape index (κ2) is 7.36. The summed E-state index contributed by atoms with van der Waals surface area (Å²) in [5.74, 6) is -0.0359. The van der Waals surface area contributed by atoms with Crippen LogP contribution in [0, 0.1) is 0 Å². The van der Waals surface area contributed by atoms with Crippen LogP contribution in [-0.2, 0) is 11.3 Å². The fraction of sp³-hybridized carbons (Fsp3) is 0.167. The SMILES string of the molecule is CCn1c(O)c(N=NC(=O)COc2ccccc2)c2cc(Cl)ccc21. The van der Waals surface area contributed by atoms with E-state index in [0.717, 1.165) is 5.52 Å². The molecule has 0 radical (unpaired) electrons. The summed E-state index contributed by atoms with van der Waals surface area (Å²) in [6.07, 6.45) is 0. The van der Waals surface area contributed by atoms with Crippen LogP contribution in [0.25, 0.3) is 10.9 Å². The molecule has 0 aliphatic heterocycles. The lowest BCUT2D eigenvalue weighted by Gasteiger charge is -2.01. The predicted octanol–water partition coefficient (Wildman–Crippen LogP) is 4.71. The van der Waals surface area contributed by atoms with Crippen LogP contribution < -0.4 is 4.74 Å². The number of halogens is 1. The van der Waals surface area contributed by atoms with Gasteiger partial charge in [-0.1, -0.05) is 29.8 Å². The fourth-order valence-corrected chi connectivity index (χ4v) is 2.68. The molecule has 1 amide bonds. The maximum absolute atomic E-state index is 11.9. The lowest BCUT2D eigenvalue weighted by Crippen LogP contribution is -2.07. The highest BCUT2D eigenvalue weighted by atomic mass is 35.5. The summed E-state index contributed by atoms with van der Waals surface area (Å²) >= 11 is 6.03. The van der Waals surface area contributed by atoms with Crippen LogP contribution in [0.15, 0.2) is 58.8 Å². The molecular formula is C18H16ClN3O3. The fourth-order valence-electron chi connectivity index (χ4n) is 2.51. The van der Waals surface area contributed by atoms with Crippen LogP contribution in [0.1, 0.15) is 6.92 Å². The standard InChI is InChI=1S/C18H16ClN3O3/c1-2-22-15-9-8-12(19)10-14(15)17(18(22)24)21-20-16(23)11-25-13-6-4-3-5-7-13/h3-10,24H,2,11H2,1H3. The number of aryl methyl sites for hydroxylation is 1. The van der Waals surface area contributed by atoms with Gasteiger partial charge in [0.15, 0.2) is 12.3 Å². The second-order valence-corrected chi connectivity index (χ2v) is 5.71. The summed E-state index contributed by atoms with van der Waals surface area (Å²) in [7, 11) is 0. The molecule has 0 fully saturated rings. The van der Waals surface area contributed by atoms with E-state index >= 15 is 0 Å². The number of hydrogen-bond donors (Lipinski definition) is 1. The van der Waals surface area contributed by atoms with E-state index in [4.69, 9.17) is 16.3 Å². The Hall–Kier alpha value is -2.86. The first-order valence-corrected chi connectivity index (χ1v) is 8.11. The minimum Gasteiger partial charge on any atom is -0.493 e. The predicted molar refractivity (Wildman–Crippen MR) is 95.7 cm³/mol. The topological polar surface area (TPSA) is 76.2 Å². The van der Waals surface area contributed by atoms with Gasteiger partial charge in [0.25, 0.3) is 0 Å². The number of fused-ring (bicyclic) bond motifs is 1. The zero-order chi connectivity index (χ0) is 17.8. The Bertz CT molecular complexity index is 936. The van der Waals surface area contributed by atoms with Crippen molar-refractivity contribution in [2.45, 2.75) is 13.5 Å². The molecule has 3 rings (SSSR count). The molecular weight excluding hydrogens is 342 g/mol. The number of rotatable bonds is 5. The summed E-state index contributed by atoms with van der Waals surface area (Å²) in [4.78, 5) is 11.9. The van der Waals surface area contributed by atoms with Crippen LogP contribution >= 0.6 is 11.6 Å². The Kier molecular flexibility index (Phi) is 5.00. The molecule has 0 bridgehead atoms. The Morgan fingerprint density at radius 1 is 1.24 bits per heavy atom. The Balaban J connectivity index is 1.82. The van der Waals surface area contributed by atoms with Gasteiger partial charge < -0.3 is 14.4 Å². The minimum absolute atomic E-state index is 0.0553. The number of nitrogens with zero attached hydrogens (tertiary/aromatic N) is 3. The molecule has 25 heavy (non-hydrogen) atoms. The summed E-state index contributed by atoms with van der Waals surface area (Å²) in [6, 6.07) is 14.2. The number of azo groups is 1. The Morgan fingerprint density at radius 2 is 2.00 bits per heavy atom. The van der Waals surface area contributed by atoms with Crippen LogP contribution in [-0.4, -0.2) is 22.2 Å². The van der Waals surface area contributed by atoms with Crippen molar-refractivity contribution < 1.29 is 14.6 Å². The maximum Gasteiger partial charge on any atom is 0.302 e. The van der Waals surface area contributed by atoms with Crippen molar-refractivity contribution >= 4 is 34.1 Å². The zero-order valence-corrected chi connectivity index (χ0v) is 14.3. The number of hydrogen-bond acceptors (Lipinski definition) is 4. The van der Waals surface area contributed by atoms with Gasteiger partial charge in [-0.3, -0.25) is 4.79 Å². The van der Waals surface area contributed by atoms with E-state index in [9.17, 15) is 9.90 Å². The van der Waals surface area contributed by atoms with E-state index in [1.807, 2.05) is 25.1 Å². The molecule has 6 nitrogen and oxygen atoms in total. The highest BCUT2D eigenvalue weighted by Gasteiger charge is 2.16. The average molecular weight is 358 g/mol. The molecule has 1 N–H and O–H groups in total. The van der Waals surface area contributed by atoms with E-state index < -0.39 is 5.91 Å². The number of benzene rings is 2. The highest BCUT2D eigenvalue weighted by Crippen LogP contribution is 2.39. The van der Waals surface area contributed by atoms with E-state index in [1.165, 1.54) is 0 Å². The first kappa shape index (κ1) is 17.0. The van der Waals surface area contributed by atoms with Crippen molar-refractivity contribution in [1.29, 1.82) is 0 Å². The third-order valence-corrected chi connectivity index (χ3v) is 3.89. The number of amides is 1. The molecule has 3 aromatic rings. The van der Waals surface area contributed by atoms with Crippen LogP contribution in [0.3, 0.4) is 0 Å². The van der Waals surface area contributed by atoms with Crippen LogP contribution in [0.5, 0.6) is 11.6 Å². The van der Waals surface area contributed by atoms with Gasteiger partial charge >= 0.3 is 5.91 Å². The monoisotopic (exact) mass is 357 g/mol. The van der Waals surface area contributed by atoms with Crippen molar-refractivity contribution in [2.24, 2.45) is 10.2 Å². The average Bonchev–Trinajstić information content (AvgIpc) is 2.89. The van der Waals surface area contributed by atoms with Crippen molar-refractivity contribution in [3.05, 3.63) is 53.6 Å². The first-order chi connectivity index (χ1) is 12.1. The molecule has 128 valence electrons. The highest BCUT2D eigenvalue weighted by molar-refractivity contribution is 6.31. The molecule has 0 atom stereocenters. The Morgan fingerprint density at radius 3 is 2.72 bits per heavy atom. The van der Waals surface area contributed by atoms with Gasteiger partial charge in [0.1, 0.15) is 5.75 Å². The first-order valence-electron chi connectivity index (χ1n) is 7.73. The lowest BCUT2D eigenvalue weighted by molar-refractivity contribution is -0.120. The molecule has 2 aromatic carbocycles. The molecule has 0 spiro atoms. The number of aromatic hydroxyl groups is 1. The van der Waals surface area contributed by atoms with Crippen molar-refractivity contribution in [2.75, 3.05) is 6.61 Å². The smallest absolute Gasteiger partial charge is 0.302 e. The molecule has 7 heteroatoms. The van der Waals surface area contributed by atoms with Gasteiger partial charge in [-0.2, -0.15) is 0 Å². The quantitative estimate of drug-likeness (QED) is 0.672. The number of ether oxygens (including phenoxy) is 1. The normalized spacial score (nSPS) is 11.3. The number of aromatic nitrogens is 1. The van der Waals surface area contributed by atoms with Crippen LogP contribution in [0.4, 0.5) is 5.69 Å². The third kappa shape index (κ3) is 3.64. The summed E-state index contributed by atoms with van der Waals surface area (Å²) in [5, 5.41) is 19.1. The molecule has 1 aromatic heterocycles. The summed E-state index contributed by atoms with van der Waals surface area (Å²) in [6.45, 7) is 2.21. The zero-order valence-electron chi connectivity index (χ0n) is 13.5. The molecule has 0 saturated carbocycles. The second-order valence-electron chi connectivity index (χ2n) is 5.27. The number of para-hydroxylation sites is 1. The minimum atomic E-state index is -0.553. The van der Waals surface area contributed by atoms with Gasteiger partial charge in [0.05, 0.1) is 5.52 Å². The van der Waals surface area contributed by atoms with Crippen LogP contribution in [0.2, 0.25) is 5.02 Å². The molecule has 0 saturated heterocycles. The van der Waals surface area contributed by atoms with Gasteiger partial charge in [0, 0.05) is 17.0 Å². The van der Waals surface area contributed by atoms with Gasteiger partial charge in [-0.05, 0) is 37.3 Å². The lowest BCUT2D eigenvalue weighted by atomic mass is 10.2. The van der Waals surface area contributed by atoms with Crippen molar-refractivity contribution in [1.82, 2.24) is 4.57 Å². The molecule has 0 unspecified atom stereocenters. The Labute approximate surface area is 149 Å². The molecule has 1 heterocycles. The van der Waals surface area contributed by atoms with E-state index in [-0.39, 0.29) is 18.2 Å². The third-order valence-electron chi connectivity index (χ3n) is 3.66. The van der Waals surface area contributed by atoms with Gasteiger partial charge in [-0.15, -0.1) is 10.2 Å². The van der Waals surface area contributed by atoms with Crippen molar-refractivity contribution in [3.63, 3.8) is 0 Å². The van der Waals surface area contributed by atoms with E-state index in [0.29, 0.717) is 22.7 Å². The van der Waals surface area contributed by atoms with E-state index in [2.05, 4.69) is 10.2 Å². The summed E-state index contributed by atoms with van der Waals surface area (Å²) in [5.41, 5.74) is 0.985. The summed E-state index contributed by atoms with van der Waals surface area (Å²) < 4.78 is 7.00. The molecule has 0 aliphatic carbocycles.